The number of rotatable bonds is 2. The van der Waals surface area contributed by atoms with Crippen molar-refractivity contribution in [3.8, 4) is 0 Å². The summed E-state index contributed by atoms with van der Waals surface area (Å²) >= 11 is 3.68. The molecule has 0 aromatic heterocycles. The maximum Gasteiger partial charge on any atom is 0.126 e. The normalized spacial score (nSPS) is 15.5. The van der Waals surface area contributed by atoms with Crippen LogP contribution >= 0.6 is 23.5 Å². The Balaban J connectivity index is 1.95. The van der Waals surface area contributed by atoms with Gasteiger partial charge in [0.25, 0.3) is 0 Å². The number of benzene rings is 1. The summed E-state index contributed by atoms with van der Waals surface area (Å²) < 4.78 is 1.24. The summed E-state index contributed by atoms with van der Waals surface area (Å²) in [6, 6.07) is 10.4. The molecule has 1 heterocycles. The van der Waals surface area contributed by atoms with Crippen LogP contribution in [-0.2, 0) is 6.54 Å². The standard InChI is InChI=1S/C9H9NS2/c1-2-4-8(5-3-1)6-10-9-11-7-12-9/h1-5H,6-7H2. The third kappa shape index (κ3) is 2.05. The first-order chi connectivity index (χ1) is 5.95. The van der Waals surface area contributed by atoms with Crippen molar-refractivity contribution in [2.24, 2.45) is 4.99 Å². The van der Waals surface area contributed by atoms with Crippen molar-refractivity contribution in [3.63, 3.8) is 0 Å². The van der Waals surface area contributed by atoms with Gasteiger partial charge < -0.3 is 0 Å². The van der Waals surface area contributed by atoms with E-state index in [1.165, 1.54) is 15.0 Å². The van der Waals surface area contributed by atoms with Gasteiger partial charge in [0.1, 0.15) is 4.38 Å². The lowest BCUT2D eigenvalue weighted by Crippen LogP contribution is -1.98. The minimum absolute atomic E-state index is 0.830. The lowest BCUT2D eigenvalue weighted by atomic mass is 10.2. The van der Waals surface area contributed by atoms with Crippen molar-refractivity contribution in [3.05, 3.63) is 35.9 Å². The second-order valence-electron chi connectivity index (χ2n) is 2.47. The number of hydrogen-bond donors (Lipinski definition) is 0. The van der Waals surface area contributed by atoms with E-state index < -0.39 is 0 Å². The first kappa shape index (κ1) is 8.20. The largest absolute Gasteiger partial charge is 0.267 e. The van der Waals surface area contributed by atoms with E-state index in [4.69, 9.17) is 0 Å². The van der Waals surface area contributed by atoms with Gasteiger partial charge in [-0.05, 0) is 5.56 Å². The summed E-state index contributed by atoms with van der Waals surface area (Å²) in [5.41, 5.74) is 1.29. The molecule has 0 atom stereocenters. The Morgan fingerprint density at radius 1 is 1.17 bits per heavy atom. The van der Waals surface area contributed by atoms with Crippen LogP contribution in [-0.4, -0.2) is 9.46 Å². The molecule has 0 bridgehead atoms. The van der Waals surface area contributed by atoms with Gasteiger partial charge in [-0.15, -0.1) is 0 Å². The van der Waals surface area contributed by atoms with Crippen LogP contribution in [0.4, 0.5) is 0 Å². The van der Waals surface area contributed by atoms with E-state index in [2.05, 4.69) is 29.3 Å². The number of nitrogens with zero attached hydrogens (tertiary/aromatic N) is 1. The molecule has 1 aliphatic rings. The Morgan fingerprint density at radius 3 is 2.50 bits per heavy atom. The first-order valence-electron chi connectivity index (χ1n) is 3.79. The molecule has 0 saturated carbocycles. The molecule has 0 N–H and O–H groups in total. The van der Waals surface area contributed by atoms with Gasteiger partial charge in [0, 0.05) is 0 Å². The fourth-order valence-corrected chi connectivity index (χ4v) is 2.15. The number of aliphatic imine (C=N–C) groups is 1. The van der Waals surface area contributed by atoms with Crippen molar-refractivity contribution >= 4 is 27.9 Å². The van der Waals surface area contributed by atoms with Gasteiger partial charge in [-0.25, -0.2) is 0 Å². The second kappa shape index (κ2) is 4.01. The van der Waals surface area contributed by atoms with Crippen LogP contribution in [0, 0.1) is 0 Å². The van der Waals surface area contributed by atoms with E-state index in [1.807, 2.05) is 29.6 Å². The van der Waals surface area contributed by atoms with E-state index in [1.54, 1.807) is 0 Å². The minimum Gasteiger partial charge on any atom is -0.267 e. The van der Waals surface area contributed by atoms with Gasteiger partial charge >= 0.3 is 0 Å². The average molecular weight is 195 g/mol. The second-order valence-corrected chi connectivity index (χ2v) is 5.03. The Labute approximate surface area is 80.7 Å². The maximum absolute atomic E-state index is 4.44. The van der Waals surface area contributed by atoms with Crippen molar-refractivity contribution in [1.29, 1.82) is 0 Å². The van der Waals surface area contributed by atoms with Gasteiger partial charge in [0.15, 0.2) is 0 Å². The van der Waals surface area contributed by atoms with Crippen molar-refractivity contribution in [1.82, 2.24) is 0 Å². The molecular formula is C9H9NS2. The molecule has 2 rings (SSSR count). The van der Waals surface area contributed by atoms with Crippen molar-refractivity contribution in [2.45, 2.75) is 6.54 Å². The monoisotopic (exact) mass is 195 g/mol. The maximum atomic E-state index is 4.44. The molecule has 0 unspecified atom stereocenters. The zero-order valence-electron chi connectivity index (χ0n) is 6.56. The molecule has 1 nitrogen and oxygen atoms in total. The van der Waals surface area contributed by atoms with Crippen LogP contribution < -0.4 is 0 Å². The Hall–Kier alpha value is -0.410. The fourth-order valence-electron chi connectivity index (χ4n) is 0.942. The van der Waals surface area contributed by atoms with E-state index in [9.17, 15) is 0 Å². The topological polar surface area (TPSA) is 12.4 Å². The molecule has 0 radical (unpaired) electrons. The molecule has 12 heavy (non-hydrogen) atoms. The Bertz CT molecular complexity index is 276. The minimum atomic E-state index is 0.830. The Morgan fingerprint density at radius 2 is 1.92 bits per heavy atom. The summed E-state index contributed by atoms with van der Waals surface area (Å²) in [6.45, 7) is 0.830. The van der Waals surface area contributed by atoms with E-state index in [0.29, 0.717) is 0 Å². The van der Waals surface area contributed by atoms with Gasteiger partial charge in [0.2, 0.25) is 0 Å². The van der Waals surface area contributed by atoms with E-state index >= 15 is 0 Å². The number of hydrogen-bond acceptors (Lipinski definition) is 3. The SMILES string of the molecule is c1ccc(CN=C2SCS2)cc1. The third-order valence-corrected chi connectivity index (χ3v) is 4.00. The molecule has 1 aliphatic heterocycles. The highest BCUT2D eigenvalue weighted by Crippen LogP contribution is 2.32. The van der Waals surface area contributed by atoms with Crippen LogP contribution in [0.2, 0.25) is 0 Å². The molecule has 0 aliphatic carbocycles. The van der Waals surface area contributed by atoms with Crippen LogP contribution in [0.3, 0.4) is 0 Å². The molecule has 1 saturated heterocycles. The summed E-state index contributed by atoms with van der Waals surface area (Å²) in [4.78, 5) is 4.44. The van der Waals surface area contributed by atoms with Crippen LogP contribution in [0.15, 0.2) is 35.3 Å². The quantitative estimate of drug-likeness (QED) is 0.719. The molecule has 3 heteroatoms. The van der Waals surface area contributed by atoms with Crippen LogP contribution in [0.1, 0.15) is 5.56 Å². The molecule has 1 aromatic rings. The number of thioether (sulfide) groups is 2. The highest BCUT2D eigenvalue weighted by Gasteiger charge is 2.10. The van der Waals surface area contributed by atoms with Gasteiger partial charge in [-0.1, -0.05) is 53.9 Å². The van der Waals surface area contributed by atoms with E-state index in [0.717, 1.165) is 6.54 Å². The third-order valence-electron chi connectivity index (χ3n) is 1.60. The molecule has 1 aromatic carbocycles. The zero-order chi connectivity index (χ0) is 8.23. The molecular weight excluding hydrogens is 186 g/mol. The first-order valence-corrected chi connectivity index (χ1v) is 5.76. The highest BCUT2D eigenvalue weighted by molar-refractivity contribution is 8.52. The average Bonchev–Trinajstić information content (AvgIpc) is 2.04. The van der Waals surface area contributed by atoms with Gasteiger partial charge in [0.05, 0.1) is 11.6 Å². The summed E-state index contributed by atoms with van der Waals surface area (Å²) in [7, 11) is 0. The molecule has 1 fully saturated rings. The molecule has 0 spiro atoms. The van der Waals surface area contributed by atoms with Crippen molar-refractivity contribution in [2.75, 3.05) is 5.08 Å². The summed E-state index contributed by atoms with van der Waals surface area (Å²) in [5.74, 6) is 0. The smallest absolute Gasteiger partial charge is 0.126 e. The fraction of sp³-hybridized carbons (Fsp3) is 0.222. The van der Waals surface area contributed by atoms with E-state index in [-0.39, 0.29) is 0 Å². The molecule has 62 valence electrons. The van der Waals surface area contributed by atoms with Crippen LogP contribution in [0.5, 0.6) is 0 Å². The summed E-state index contributed by atoms with van der Waals surface area (Å²) in [5, 5.41) is 1.17. The lowest BCUT2D eigenvalue weighted by Gasteiger charge is -2.12. The van der Waals surface area contributed by atoms with Crippen LogP contribution in [0.25, 0.3) is 0 Å². The summed E-state index contributed by atoms with van der Waals surface area (Å²) in [6.07, 6.45) is 0. The van der Waals surface area contributed by atoms with Gasteiger partial charge in [-0.2, -0.15) is 0 Å². The molecule has 0 amide bonds. The predicted octanol–water partition coefficient (Wildman–Crippen LogP) is 2.98. The Kier molecular flexibility index (Phi) is 2.74. The van der Waals surface area contributed by atoms with Crippen molar-refractivity contribution < 1.29 is 0 Å². The predicted molar refractivity (Wildman–Crippen MR) is 57.6 cm³/mol. The van der Waals surface area contributed by atoms with Gasteiger partial charge in [-0.3, -0.25) is 4.99 Å². The zero-order valence-corrected chi connectivity index (χ0v) is 8.20. The lowest BCUT2D eigenvalue weighted by molar-refractivity contribution is 1.08. The highest BCUT2D eigenvalue weighted by atomic mass is 32.3.